The molecule has 0 unspecified atom stereocenters. The van der Waals surface area contributed by atoms with E-state index in [2.05, 4.69) is 45.7 Å². The van der Waals surface area contributed by atoms with Gasteiger partial charge >= 0.3 is 0 Å². The Balaban J connectivity index is 2.13. The average Bonchev–Trinajstić information content (AvgIpc) is 2.86. The molecule has 0 radical (unpaired) electrons. The normalized spacial score (nSPS) is 11.2. The minimum absolute atomic E-state index is 0.605. The first kappa shape index (κ1) is 14.0. The van der Waals surface area contributed by atoms with Gasteiger partial charge in [-0.25, -0.2) is 9.97 Å². The van der Waals surface area contributed by atoms with Crippen molar-refractivity contribution in [1.29, 1.82) is 0 Å². The van der Waals surface area contributed by atoms with E-state index < -0.39 is 0 Å². The van der Waals surface area contributed by atoms with Crippen molar-refractivity contribution >= 4 is 22.8 Å². The number of rotatable bonds is 4. The molecule has 0 aliphatic carbocycles. The average molecular weight is 301 g/mol. The van der Waals surface area contributed by atoms with Gasteiger partial charge in [0.2, 0.25) is 0 Å². The van der Waals surface area contributed by atoms with Crippen LogP contribution in [0.4, 0.5) is 0 Å². The zero-order valence-electron chi connectivity index (χ0n) is 11.9. The first-order valence-corrected chi connectivity index (χ1v) is 7.43. The van der Waals surface area contributed by atoms with E-state index >= 15 is 0 Å². The molecule has 2 aromatic heterocycles. The van der Waals surface area contributed by atoms with Crippen molar-refractivity contribution < 1.29 is 0 Å². The van der Waals surface area contributed by atoms with Gasteiger partial charge < -0.3 is 5.73 Å². The van der Waals surface area contributed by atoms with Crippen LogP contribution >= 0.6 is 11.6 Å². The van der Waals surface area contributed by atoms with Gasteiger partial charge in [-0.3, -0.25) is 4.57 Å². The topological polar surface area (TPSA) is 56.7 Å². The maximum Gasteiger partial charge on any atom is 0.164 e. The summed E-state index contributed by atoms with van der Waals surface area (Å²) in [4.78, 5) is 9.06. The minimum atomic E-state index is 0.605. The molecule has 0 bridgehead atoms. The Labute approximate surface area is 128 Å². The van der Waals surface area contributed by atoms with Crippen molar-refractivity contribution in [3.05, 3.63) is 52.9 Å². The number of fused-ring (bicyclic) bond motifs is 1. The molecule has 0 aliphatic rings. The molecule has 0 atom stereocenters. The standard InChI is InChI=1S/C16H17ClN4/c1-2-15-20-14-9-12(17)10-19-16(14)21(15)13-5-3-11(4-6-13)7-8-18/h3-6,9-10H,2,7-8,18H2,1H3. The number of aryl methyl sites for hydroxylation is 1. The van der Waals surface area contributed by atoms with Crippen LogP contribution in [-0.4, -0.2) is 21.1 Å². The highest BCUT2D eigenvalue weighted by atomic mass is 35.5. The number of imidazole rings is 1. The molecular weight excluding hydrogens is 284 g/mol. The Morgan fingerprint density at radius 2 is 2.00 bits per heavy atom. The Bertz CT molecular complexity index is 762. The third kappa shape index (κ3) is 2.64. The molecule has 2 N–H and O–H groups in total. The molecule has 0 spiro atoms. The fourth-order valence-electron chi connectivity index (χ4n) is 2.47. The van der Waals surface area contributed by atoms with Gasteiger partial charge in [-0.1, -0.05) is 30.7 Å². The van der Waals surface area contributed by atoms with Crippen LogP contribution in [-0.2, 0) is 12.8 Å². The molecule has 3 aromatic rings. The monoisotopic (exact) mass is 300 g/mol. The summed E-state index contributed by atoms with van der Waals surface area (Å²) in [5.41, 5.74) is 9.55. The molecule has 108 valence electrons. The van der Waals surface area contributed by atoms with Crippen LogP contribution in [0.25, 0.3) is 16.9 Å². The predicted octanol–water partition coefficient (Wildman–Crippen LogP) is 3.14. The van der Waals surface area contributed by atoms with E-state index in [1.165, 1.54) is 5.56 Å². The van der Waals surface area contributed by atoms with Crippen molar-refractivity contribution in [3.8, 4) is 5.69 Å². The maximum atomic E-state index is 6.00. The first-order chi connectivity index (χ1) is 10.2. The highest BCUT2D eigenvalue weighted by molar-refractivity contribution is 6.31. The molecule has 0 saturated heterocycles. The van der Waals surface area contributed by atoms with Crippen LogP contribution in [0.5, 0.6) is 0 Å². The number of halogens is 1. The third-order valence-corrected chi connectivity index (χ3v) is 3.68. The number of nitrogens with zero attached hydrogens (tertiary/aromatic N) is 3. The smallest absolute Gasteiger partial charge is 0.164 e. The fourth-order valence-corrected chi connectivity index (χ4v) is 2.63. The van der Waals surface area contributed by atoms with Crippen molar-refractivity contribution in [2.45, 2.75) is 19.8 Å². The molecule has 0 amide bonds. The summed E-state index contributed by atoms with van der Waals surface area (Å²) in [6.07, 6.45) is 3.38. The van der Waals surface area contributed by atoms with Crippen LogP contribution in [0.1, 0.15) is 18.3 Å². The highest BCUT2D eigenvalue weighted by Gasteiger charge is 2.12. The molecule has 0 saturated carbocycles. The van der Waals surface area contributed by atoms with E-state index in [0.717, 1.165) is 35.5 Å². The zero-order chi connectivity index (χ0) is 14.8. The zero-order valence-corrected chi connectivity index (χ0v) is 12.6. The van der Waals surface area contributed by atoms with E-state index in [4.69, 9.17) is 17.3 Å². The predicted molar refractivity (Wildman–Crippen MR) is 86.0 cm³/mol. The lowest BCUT2D eigenvalue weighted by atomic mass is 10.1. The molecular formula is C16H17ClN4. The second-order valence-corrected chi connectivity index (χ2v) is 5.35. The molecule has 3 rings (SSSR count). The lowest BCUT2D eigenvalue weighted by molar-refractivity contribution is 0.899. The Morgan fingerprint density at radius 1 is 1.24 bits per heavy atom. The summed E-state index contributed by atoms with van der Waals surface area (Å²) in [6.45, 7) is 2.75. The number of nitrogens with two attached hydrogens (primary N) is 1. The Morgan fingerprint density at radius 3 is 2.67 bits per heavy atom. The van der Waals surface area contributed by atoms with E-state index in [-0.39, 0.29) is 0 Å². The van der Waals surface area contributed by atoms with Gasteiger partial charge in [0.25, 0.3) is 0 Å². The highest BCUT2D eigenvalue weighted by Crippen LogP contribution is 2.23. The second kappa shape index (κ2) is 5.84. The molecule has 1 aromatic carbocycles. The van der Waals surface area contributed by atoms with Crippen LogP contribution < -0.4 is 5.73 Å². The quantitative estimate of drug-likeness (QED) is 0.805. The third-order valence-electron chi connectivity index (χ3n) is 3.48. The molecule has 0 aliphatic heterocycles. The number of aromatic nitrogens is 3. The summed E-state index contributed by atoms with van der Waals surface area (Å²) in [5, 5.41) is 0.605. The van der Waals surface area contributed by atoms with Crippen molar-refractivity contribution in [2.75, 3.05) is 6.54 Å². The summed E-state index contributed by atoms with van der Waals surface area (Å²) < 4.78 is 2.08. The van der Waals surface area contributed by atoms with Gasteiger partial charge in [-0.2, -0.15) is 0 Å². The molecule has 4 nitrogen and oxygen atoms in total. The van der Waals surface area contributed by atoms with E-state index in [0.29, 0.717) is 11.6 Å². The minimum Gasteiger partial charge on any atom is -0.330 e. The van der Waals surface area contributed by atoms with Gasteiger partial charge in [-0.05, 0) is 36.7 Å². The van der Waals surface area contributed by atoms with Gasteiger partial charge in [0.15, 0.2) is 5.65 Å². The second-order valence-electron chi connectivity index (χ2n) is 4.92. The molecule has 5 heteroatoms. The van der Waals surface area contributed by atoms with Gasteiger partial charge in [0.1, 0.15) is 11.3 Å². The van der Waals surface area contributed by atoms with Crippen molar-refractivity contribution in [3.63, 3.8) is 0 Å². The van der Waals surface area contributed by atoms with Crippen LogP contribution in [0.2, 0.25) is 5.02 Å². The Hall–Kier alpha value is -1.91. The number of hydrogen-bond acceptors (Lipinski definition) is 3. The number of hydrogen-bond donors (Lipinski definition) is 1. The van der Waals surface area contributed by atoms with Crippen LogP contribution in [0.15, 0.2) is 36.5 Å². The fraction of sp³-hybridized carbons (Fsp3) is 0.250. The SMILES string of the molecule is CCc1nc2cc(Cl)cnc2n1-c1ccc(CCN)cc1. The van der Waals surface area contributed by atoms with Gasteiger partial charge in [0.05, 0.1) is 5.02 Å². The summed E-state index contributed by atoms with van der Waals surface area (Å²) in [6, 6.07) is 10.2. The van der Waals surface area contributed by atoms with Crippen LogP contribution in [0, 0.1) is 0 Å². The molecule has 21 heavy (non-hydrogen) atoms. The maximum absolute atomic E-state index is 6.00. The van der Waals surface area contributed by atoms with Crippen molar-refractivity contribution in [1.82, 2.24) is 14.5 Å². The van der Waals surface area contributed by atoms with E-state index in [9.17, 15) is 0 Å². The summed E-state index contributed by atoms with van der Waals surface area (Å²) >= 11 is 6.00. The van der Waals surface area contributed by atoms with Gasteiger partial charge in [-0.15, -0.1) is 0 Å². The van der Waals surface area contributed by atoms with Gasteiger partial charge in [0, 0.05) is 18.3 Å². The largest absolute Gasteiger partial charge is 0.330 e. The summed E-state index contributed by atoms with van der Waals surface area (Å²) in [7, 11) is 0. The van der Waals surface area contributed by atoms with E-state index in [1.807, 2.05) is 6.07 Å². The van der Waals surface area contributed by atoms with Crippen molar-refractivity contribution in [2.24, 2.45) is 5.73 Å². The molecule has 2 heterocycles. The lowest BCUT2D eigenvalue weighted by Crippen LogP contribution is -2.04. The van der Waals surface area contributed by atoms with E-state index in [1.54, 1.807) is 6.20 Å². The Kier molecular flexibility index (Phi) is 3.90. The first-order valence-electron chi connectivity index (χ1n) is 7.05. The summed E-state index contributed by atoms with van der Waals surface area (Å²) in [5.74, 6) is 0.978. The lowest BCUT2D eigenvalue weighted by Gasteiger charge is -2.08. The number of pyridine rings is 1. The molecule has 0 fully saturated rings. The number of benzene rings is 1. The van der Waals surface area contributed by atoms with Crippen LogP contribution in [0.3, 0.4) is 0 Å².